The summed E-state index contributed by atoms with van der Waals surface area (Å²) in [6.07, 6.45) is 2.65. The van der Waals surface area contributed by atoms with Crippen LogP contribution in [0.5, 0.6) is 0 Å². The summed E-state index contributed by atoms with van der Waals surface area (Å²) in [7, 11) is 1.77. The van der Waals surface area contributed by atoms with E-state index in [0.29, 0.717) is 6.54 Å². The van der Waals surface area contributed by atoms with Crippen molar-refractivity contribution >= 4 is 5.96 Å². The Labute approximate surface area is 146 Å². The van der Waals surface area contributed by atoms with Crippen LogP contribution < -0.4 is 10.6 Å². The Hall–Kier alpha value is -1.59. The molecule has 1 aliphatic carbocycles. The lowest BCUT2D eigenvalue weighted by Gasteiger charge is -2.22. The molecule has 1 saturated carbocycles. The van der Waals surface area contributed by atoms with Crippen LogP contribution in [0.2, 0.25) is 0 Å². The molecular weight excluding hydrogens is 300 g/mol. The maximum absolute atomic E-state index is 5.22. The smallest absolute Gasteiger partial charge is 0.191 e. The van der Waals surface area contributed by atoms with E-state index in [4.69, 9.17) is 9.73 Å². The van der Waals surface area contributed by atoms with Crippen LogP contribution in [0.4, 0.5) is 0 Å². The lowest BCUT2D eigenvalue weighted by Crippen LogP contribution is -2.42. The molecule has 134 valence electrons. The highest BCUT2D eigenvalue weighted by atomic mass is 16.5. The van der Waals surface area contributed by atoms with Crippen molar-refractivity contribution < 1.29 is 4.74 Å². The molecule has 1 aliphatic rings. The maximum Gasteiger partial charge on any atom is 0.191 e. The standard InChI is InChI=1S/C19H32N4O/c1-4-20-19(22-15-17-8-6-5-7-16(17)2)21-11-12-23(13-14-24-3)18-9-10-18/h5-8,18H,4,9-15H2,1-3H3,(H2,20,21,22). The first kappa shape index (κ1) is 18.7. The summed E-state index contributed by atoms with van der Waals surface area (Å²) in [6, 6.07) is 9.17. The minimum Gasteiger partial charge on any atom is -0.383 e. The molecule has 0 unspecified atom stereocenters. The Morgan fingerprint density at radius 2 is 2.04 bits per heavy atom. The summed E-state index contributed by atoms with van der Waals surface area (Å²) in [5, 5.41) is 6.79. The number of hydrogen-bond acceptors (Lipinski definition) is 3. The van der Waals surface area contributed by atoms with Crippen molar-refractivity contribution in [2.24, 2.45) is 4.99 Å². The summed E-state index contributed by atoms with van der Waals surface area (Å²) in [5.74, 6) is 0.892. The van der Waals surface area contributed by atoms with Crippen molar-refractivity contribution in [1.29, 1.82) is 0 Å². The van der Waals surface area contributed by atoms with Gasteiger partial charge in [0.15, 0.2) is 5.96 Å². The summed E-state index contributed by atoms with van der Waals surface area (Å²) in [5.41, 5.74) is 2.56. The van der Waals surface area contributed by atoms with Crippen molar-refractivity contribution in [2.75, 3.05) is 39.9 Å². The molecule has 0 heterocycles. The van der Waals surface area contributed by atoms with Crippen LogP contribution in [0.3, 0.4) is 0 Å². The third kappa shape index (κ3) is 6.49. The highest BCUT2D eigenvalue weighted by Crippen LogP contribution is 2.25. The Morgan fingerprint density at radius 3 is 2.71 bits per heavy atom. The number of methoxy groups -OCH3 is 1. The Kier molecular flexibility index (Phi) is 8.05. The fourth-order valence-corrected chi connectivity index (χ4v) is 2.74. The molecule has 2 rings (SSSR count). The third-order valence-corrected chi connectivity index (χ3v) is 4.35. The monoisotopic (exact) mass is 332 g/mol. The number of nitrogens with zero attached hydrogens (tertiary/aromatic N) is 2. The van der Waals surface area contributed by atoms with Crippen LogP contribution in [0, 0.1) is 6.92 Å². The quantitative estimate of drug-likeness (QED) is 0.509. The number of aryl methyl sites for hydroxylation is 1. The lowest BCUT2D eigenvalue weighted by atomic mass is 10.1. The van der Waals surface area contributed by atoms with E-state index in [1.54, 1.807) is 7.11 Å². The van der Waals surface area contributed by atoms with Gasteiger partial charge in [0, 0.05) is 39.3 Å². The zero-order valence-electron chi connectivity index (χ0n) is 15.3. The van der Waals surface area contributed by atoms with Crippen LogP contribution in [-0.4, -0.2) is 56.8 Å². The Balaban J connectivity index is 1.81. The normalized spacial score (nSPS) is 14.9. The highest BCUT2D eigenvalue weighted by Gasteiger charge is 2.28. The number of guanidine groups is 1. The SMILES string of the molecule is CCNC(=NCc1ccccc1C)NCCN(CCOC)C1CC1. The zero-order valence-corrected chi connectivity index (χ0v) is 15.3. The van der Waals surface area contributed by atoms with Gasteiger partial charge in [-0.3, -0.25) is 4.90 Å². The average molecular weight is 332 g/mol. The summed E-state index contributed by atoms with van der Waals surface area (Å²) < 4.78 is 5.22. The van der Waals surface area contributed by atoms with Gasteiger partial charge in [-0.05, 0) is 37.8 Å². The van der Waals surface area contributed by atoms with E-state index in [1.165, 1.54) is 24.0 Å². The largest absolute Gasteiger partial charge is 0.383 e. The molecule has 0 bridgehead atoms. The van der Waals surface area contributed by atoms with Gasteiger partial charge in [0.25, 0.3) is 0 Å². The van der Waals surface area contributed by atoms with E-state index in [1.807, 2.05) is 0 Å². The molecule has 5 nitrogen and oxygen atoms in total. The third-order valence-electron chi connectivity index (χ3n) is 4.35. The van der Waals surface area contributed by atoms with Gasteiger partial charge in [-0.2, -0.15) is 0 Å². The zero-order chi connectivity index (χ0) is 17.2. The molecule has 24 heavy (non-hydrogen) atoms. The number of ether oxygens (including phenoxy) is 1. The first-order chi connectivity index (χ1) is 11.7. The minimum absolute atomic E-state index is 0.706. The molecule has 1 aromatic carbocycles. The molecule has 0 aromatic heterocycles. The van der Waals surface area contributed by atoms with E-state index in [0.717, 1.165) is 44.8 Å². The lowest BCUT2D eigenvalue weighted by molar-refractivity contribution is 0.144. The fraction of sp³-hybridized carbons (Fsp3) is 0.632. The second kappa shape index (κ2) is 10.3. The van der Waals surface area contributed by atoms with E-state index >= 15 is 0 Å². The van der Waals surface area contributed by atoms with E-state index in [-0.39, 0.29) is 0 Å². The van der Waals surface area contributed by atoms with E-state index in [2.05, 4.69) is 53.6 Å². The van der Waals surface area contributed by atoms with Crippen LogP contribution in [-0.2, 0) is 11.3 Å². The number of hydrogen-bond donors (Lipinski definition) is 2. The summed E-state index contributed by atoms with van der Waals surface area (Å²) >= 11 is 0. The van der Waals surface area contributed by atoms with Crippen LogP contribution in [0.25, 0.3) is 0 Å². The van der Waals surface area contributed by atoms with Crippen LogP contribution >= 0.6 is 0 Å². The predicted octanol–water partition coefficient (Wildman–Crippen LogP) is 2.16. The molecule has 1 aromatic rings. The van der Waals surface area contributed by atoms with Crippen LogP contribution in [0.15, 0.2) is 29.3 Å². The second-order valence-electron chi connectivity index (χ2n) is 6.31. The first-order valence-electron chi connectivity index (χ1n) is 9.04. The van der Waals surface area contributed by atoms with Crippen LogP contribution in [0.1, 0.15) is 30.9 Å². The van der Waals surface area contributed by atoms with Gasteiger partial charge in [-0.1, -0.05) is 24.3 Å². The van der Waals surface area contributed by atoms with Crippen molar-refractivity contribution in [2.45, 2.75) is 39.3 Å². The number of rotatable bonds is 10. The minimum atomic E-state index is 0.706. The molecule has 0 amide bonds. The number of aliphatic imine (C=N–C) groups is 1. The number of benzene rings is 1. The molecule has 5 heteroatoms. The topological polar surface area (TPSA) is 48.9 Å². The molecule has 0 spiro atoms. The molecule has 0 radical (unpaired) electrons. The van der Waals surface area contributed by atoms with Gasteiger partial charge in [0.2, 0.25) is 0 Å². The van der Waals surface area contributed by atoms with Gasteiger partial charge in [0.05, 0.1) is 13.2 Å². The van der Waals surface area contributed by atoms with Gasteiger partial charge < -0.3 is 15.4 Å². The van der Waals surface area contributed by atoms with Crippen molar-refractivity contribution in [3.8, 4) is 0 Å². The molecule has 0 saturated heterocycles. The average Bonchev–Trinajstić information content (AvgIpc) is 3.42. The van der Waals surface area contributed by atoms with Crippen molar-refractivity contribution in [1.82, 2.24) is 15.5 Å². The maximum atomic E-state index is 5.22. The highest BCUT2D eigenvalue weighted by molar-refractivity contribution is 5.79. The van der Waals surface area contributed by atoms with Gasteiger partial charge >= 0.3 is 0 Å². The molecule has 1 fully saturated rings. The summed E-state index contributed by atoms with van der Waals surface area (Å²) in [6.45, 7) is 9.56. The molecule has 2 N–H and O–H groups in total. The van der Waals surface area contributed by atoms with E-state index in [9.17, 15) is 0 Å². The van der Waals surface area contributed by atoms with Gasteiger partial charge in [0.1, 0.15) is 0 Å². The van der Waals surface area contributed by atoms with Crippen molar-refractivity contribution in [3.63, 3.8) is 0 Å². The Bertz CT molecular complexity index is 514. The second-order valence-corrected chi connectivity index (χ2v) is 6.31. The molecule has 0 atom stereocenters. The summed E-state index contributed by atoms with van der Waals surface area (Å²) in [4.78, 5) is 7.23. The Morgan fingerprint density at radius 1 is 1.25 bits per heavy atom. The predicted molar refractivity (Wildman–Crippen MR) is 100 cm³/mol. The fourth-order valence-electron chi connectivity index (χ4n) is 2.74. The van der Waals surface area contributed by atoms with E-state index < -0.39 is 0 Å². The molecular formula is C19H32N4O. The molecule has 0 aliphatic heterocycles. The first-order valence-corrected chi connectivity index (χ1v) is 9.04. The number of nitrogens with one attached hydrogen (secondary N) is 2. The van der Waals surface area contributed by atoms with Gasteiger partial charge in [-0.25, -0.2) is 4.99 Å². The van der Waals surface area contributed by atoms with Crippen molar-refractivity contribution in [3.05, 3.63) is 35.4 Å². The van der Waals surface area contributed by atoms with Gasteiger partial charge in [-0.15, -0.1) is 0 Å².